The van der Waals surface area contributed by atoms with E-state index in [1.54, 1.807) is 6.08 Å². The summed E-state index contributed by atoms with van der Waals surface area (Å²) in [4.78, 5) is 22.2. The van der Waals surface area contributed by atoms with Gasteiger partial charge in [0.25, 0.3) is 5.56 Å². The van der Waals surface area contributed by atoms with Crippen LogP contribution >= 0.6 is 22.9 Å². The molecule has 0 amide bonds. The fraction of sp³-hybridized carbons (Fsp3) is 0.200. The molecule has 0 fully saturated rings. The van der Waals surface area contributed by atoms with Gasteiger partial charge >= 0.3 is 0 Å². The number of aromatic nitrogens is 2. The molecule has 0 bridgehead atoms. The molecule has 31 heavy (non-hydrogen) atoms. The zero-order chi connectivity index (χ0) is 21.8. The Hall–Kier alpha value is -2.89. The van der Waals surface area contributed by atoms with Crippen molar-refractivity contribution in [2.75, 3.05) is 6.61 Å². The van der Waals surface area contributed by atoms with Crippen LogP contribution in [0.2, 0.25) is 0 Å². The number of nitrogens with one attached hydrogen (secondary N) is 1. The Balaban J connectivity index is 1.65. The molecule has 0 spiro atoms. The van der Waals surface area contributed by atoms with E-state index in [-0.39, 0.29) is 5.56 Å². The molecule has 6 heteroatoms. The first kappa shape index (κ1) is 21.3. The Morgan fingerprint density at radius 2 is 1.90 bits per heavy atom. The SMILES string of the molecule is CCCCOc1ccc(/C=C(\Cl)c2nc3sc(C)c(-c4ccccc4)c3c(=O)[nH]2)cc1. The average molecular weight is 451 g/mol. The van der Waals surface area contributed by atoms with Gasteiger partial charge in [-0.25, -0.2) is 4.98 Å². The molecule has 1 N–H and O–H groups in total. The first-order valence-corrected chi connectivity index (χ1v) is 11.5. The van der Waals surface area contributed by atoms with Gasteiger partial charge in [0, 0.05) is 10.4 Å². The van der Waals surface area contributed by atoms with Crippen LogP contribution in [0.3, 0.4) is 0 Å². The summed E-state index contributed by atoms with van der Waals surface area (Å²) in [7, 11) is 0. The predicted octanol–water partition coefficient (Wildman–Crippen LogP) is 6.88. The van der Waals surface area contributed by atoms with E-state index in [1.165, 1.54) is 11.3 Å². The zero-order valence-corrected chi connectivity index (χ0v) is 19.0. The van der Waals surface area contributed by atoms with Crippen molar-refractivity contribution in [1.29, 1.82) is 0 Å². The molecule has 2 heterocycles. The summed E-state index contributed by atoms with van der Waals surface area (Å²) in [6, 6.07) is 17.6. The predicted molar refractivity (Wildman–Crippen MR) is 131 cm³/mol. The quantitative estimate of drug-likeness (QED) is 0.312. The lowest BCUT2D eigenvalue weighted by molar-refractivity contribution is 0.309. The summed E-state index contributed by atoms with van der Waals surface area (Å²) < 4.78 is 5.69. The standard InChI is InChI=1S/C25H23ClN2O2S/c1-3-4-14-30-19-12-10-17(11-13-19)15-20(26)23-27-24(29)22-21(16(2)31-25(22)28-23)18-8-6-5-7-9-18/h5-13,15H,3-4,14H2,1-2H3,(H,27,28,29)/b20-15-. The van der Waals surface area contributed by atoms with Crippen LogP contribution in [-0.4, -0.2) is 16.6 Å². The minimum absolute atomic E-state index is 0.186. The van der Waals surface area contributed by atoms with Crippen molar-refractivity contribution in [1.82, 2.24) is 9.97 Å². The average Bonchev–Trinajstić information content (AvgIpc) is 3.12. The maximum Gasteiger partial charge on any atom is 0.260 e. The molecule has 158 valence electrons. The Morgan fingerprint density at radius 1 is 1.16 bits per heavy atom. The molecule has 2 aromatic carbocycles. The second-order valence-corrected chi connectivity index (χ2v) is 8.87. The highest BCUT2D eigenvalue weighted by molar-refractivity contribution is 7.19. The van der Waals surface area contributed by atoms with Crippen LogP contribution < -0.4 is 10.3 Å². The molecule has 0 saturated heterocycles. The number of H-pyrrole nitrogens is 1. The Bertz CT molecular complexity index is 1270. The van der Waals surface area contributed by atoms with Gasteiger partial charge in [-0.3, -0.25) is 4.79 Å². The van der Waals surface area contributed by atoms with E-state index < -0.39 is 0 Å². The summed E-state index contributed by atoms with van der Waals surface area (Å²) in [6.45, 7) is 4.85. The lowest BCUT2D eigenvalue weighted by Crippen LogP contribution is -2.10. The fourth-order valence-corrected chi connectivity index (χ4v) is 4.66. The van der Waals surface area contributed by atoms with Crippen LogP contribution in [0.4, 0.5) is 0 Å². The van der Waals surface area contributed by atoms with Gasteiger partial charge in [0.1, 0.15) is 10.6 Å². The molecule has 0 aliphatic heterocycles. The van der Waals surface area contributed by atoms with E-state index in [0.717, 1.165) is 40.2 Å². The van der Waals surface area contributed by atoms with Gasteiger partial charge in [-0.15, -0.1) is 11.3 Å². The van der Waals surface area contributed by atoms with Crippen LogP contribution in [0.1, 0.15) is 36.0 Å². The molecular formula is C25H23ClN2O2S. The molecule has 0 atom stereocenters. The third-order valence-electron chi connectivity index (χ3n) is 4.97. The van der Waals surface area contributed by atoms with Gasteiger partial charge in [0.2, 0.25) is 0 Å². The van der Waals surface area contributed by atoms with Crippen molar-refractivity contribution in [3.8, 4) is 16.9 Å². The van der Waals surface area contributed by atoms with E-state index in [4.69, 9.17) is 16.3 Å². The zero-order valence-electron chi connectivity index (χ0n) is 17.4. The smallest absolute Gasteiger partial charge is 0.260 e. The number of hydrogen-bond donors (Lipinski definition) is 1. The molecule has 0 saturated carbocycles. The highest BCUT2D eigenvalue weighted by Gasteiger charge is 2.17. The van der Waals surface area contributed by atoms with Gasteiger partial charge in [-0.2, -0.15) is 0 Å². The van der Waals surface area contributed by atoms with Crippen LogP contribution in [0, 0.1) is 6.92 Å². The molecule has 0 unspecified atom stereocenters. The second-order valence-electron chi connectivity index (χ2n) is 7.26. The highest BCUT2D eigenvalue weighted by atomic mass is 35.5. The maximum absolute atomic E-state index is 12.9. The van der Waals surface area contributed by atoms with Crippen molar-refractivity contribution >= 4 is 44.3 Å². The number of unbranched alkanes of at least 4 members (excludes halogenated alkanes) is 1. The highest BCUT2D eigenvalue weighted by Crippen LogP contribution is 2.36. The Morgan fingerprint density at radius 3 is 2.61 bits per heavy atom. The van der Waals surface area contributed by atoms with Gasteiger partial charge < -0.3 is 9.72 Å². The minimum atomic E-state index is -0.186. The van der Waals surface area contributed by atoms with Gasteiger partial charge in [-0.05, 0) is 42.7 Å². The summed E-state index contributed by atoms with van der Waals surface area (Å²) in [5.41, 5.74) is 2.66. The van der Waals surface area contributed by atoms with Crippen molar-refractivity contribution < 1.29 is 4.74 Å². The first-order valence-electron chi connectivity index (χ1n) is 10.3. The first-order chi connectivity index (χ1) is 15.1. The molecule has 4 aromatic rings. The van der Waals surface area contributed by atoms with Crippen molar-refractivity contribution in [2.45, 2.75) is 26.7 Å². The van der Waals surface area contributed by atoms with E-state index in [9.17, 15) is 4.79 Å². The lowest BCUT2D eigenvalue weighted by Gasteiger charge is -2.05. The summed E-state index contributed by atoms with van der Waals surface area (Å²) in [5, 5.41) is 0.987. The van der Waals surface area contributed by atoms with E-state index in [1.807, 2.05) is 61.5 Å². The van der Waals surface area contributed by atoms with Crippen LogP contribution in [0.5, 0.6) is 5.75 Å². The number of rotatable bonds is 7. The summed E-state index contributed by atoms with van der Waals surface area (Å²) >= 11 is 8.02. The third-order valence-corrected chi connectivity index (χ3v) is 6.25. The van der Waals surface area contributed by atoms with Gasteiger partial charge in [0.15, 0.2) is 5.82 Å². The van der Waals surface area contributed by atoms with Crippen molar-refractivity contribution in [3.63, 3.8) is 0 Å². The number of fused-ring (bicyclic) bond motifs is 1. The molecule has 4 nitrogen and oxygen atoms in total. The summed E-state index contributed by atoms with van der Waals surface area (Å²) in [5.74, 6) is 1.19. The topological polar surface area (TPSA) is 55.0 Å². The molecule has 0 aliphatic rings. The van der Waals surface area contributed by atoms with Gasteiger partial charge in [0.05, 0.1) is 17.0 Å². The Labute approximate surface area is 190 Å². The number of hydrogen-bond acceptors (Lipinski definition) is 4. The Kier molecular flexibility index (Phi) is 6.54. The normalized spacial score (nSPS) is 11.8. The molecule has 2 aromatic heterocycles. The van der Waals surface area contributed by atoms with Crippen molar-refractivity contribution in [2.24, 2.45) is 0 Å². The van der Waals surface area contributed by atoms with Crippen LogP contribution in [0.25, 0.3) is 32.5 Å². The number of aromatic amines is 1. The molecular weight excluding hydrogens is 428 g/mol. The molecule has 0 aliphatic carbocycles. The number of aryl methyl sites for hydroxylation is 1. The number of ether oxygens (including phenoxy) is 1. The van der Waals surface area contributed by atoms with E-state index in [0.29, 0.717) is 27.7 Å². The third kappa shape index (κ3) is 4.73. The minimum Gasteiger partial charge on any atom is -0.494 e. The maximum atomic E-state index is 12.9. The van der Waals surface area contributed by atoms with Crippen molar-refractivity contribution in [3.05, 3.63) is 81.2 Å². The monoisotopic (exact) mass is 450 g/mol. The number of halogens is 1. The number of nitrogens with zero attached hydrogens (tertiary/aromatic N) is 1. The molecule has 0 radical (unpaired) electrons. The van der Waals surface area contributed by atoms with E-state index in [2.05, 4.69) is 16.9 Å². The largest absolute Gasteiger partial charge is 0.494 e. The second kappa shape index (κ2) is 9.50. The lowest BCUT2D eigenvalue weighted by atomic mass is 10.0. The fourth-order valence-electron chi connectivity index (χ4n) is 3.39. The number of benzene rings is 2. The van der Waals surface area contributed by atoms with Crippen LogP contribution in [-0.2, 0) is 0 Å². The van der Waals surface area contributed by atoms with Gasteiger partial charge in [-0.1, -0.05) is 67.4 Å². The molecule has 4 rings (SSSR count). The number of thiophene rings is 1. The van der Waals surface area contributed by atoms with E-state index >= 15 is 0 Å². The summed E-state index contributed by atoms with van der Waals surface area (Å²) in [6.07, 6.45) is 3.92. The van der Waals surface area contributed by atoms with Crippen LogP contribution in [0.15, 0.2) is 59.4 Å².